The molecule has 33 heavy (non-hydrogen) atoms. The first-order valence-electron chi connectivity index (χ1n) is 10.8. The lowest BCUT2D eigenvalue weighted by Crippen LogP contribution is -2.51. The molecule has 3 atom stereocenters. The zero-order valence-corrected chi connectivity index (χ0v) is 18.5. The van der Waals surface area contributed by atoms with Crippen molar-refractivity contribution in [2.45, 2.75) is 37.9 Å². The van der Waals surface area contributed by atoms with Crippen LogP contribution >= 0.6 is 0 Å². The third kappa shape index (κ3) is 6.39. The summed E-state index contributed by atoms with van der Waals surface area (Å²) in [6, 6.07) is 15.2. The number of hydrogen-bond acceptors (Lipinski definition) is 5. The number of nitrogens with one attached hydrogen (secondary N) is 3. The van der Waals surface area contributed by atoms with E-state index in [0.717, 1.165) is 11.1 Å². The van der Waals surface area contributed by atoms with Gasteiger partial charge in [0.1, 0.15) is 11.9 Å². The minimum atomic E-state index is -0.997. The zero-order valence-electron chi connectivity index (χ0n) is 18.5. The maximum absolute atomic E-state index is 12.9. The largest absolute Gasteiger partial charge is 0.480 e. The second-order valence-electron chi connectivity index (χ2n) is 8.24. The number of carboxylic acids is 1. The first kappa shape index (κ1) is 23.9. The van der Waals surface area contributed by atoms with E-state index in [4.69, 9.17) is 11.1 Å². The number of nitrogens with zero attached hydrogens (tertiary/aromatic N) is 1. The topological polar surface area (TPSA) is 149 Å². The molecule has 2 aromatic rings. The SMILES string of the molecule is CC(NC(=O)[C@H]1C[C@H](c2ccccc2)CN1CC(=O)O)C(=O)NCc1ccc(C(=N)N)cc1. The molecule has 1 fully saturated rings. The molecule has 3 rings (SSSR count). The van der Waals surface area contributed by atoms with E-state index in [0.29, 0.717) is 18.5 Å². The van der Waals surface area contributed by atoms with Crippen LogP contribution < -0.4 is 16.4 Å². The van der Waals surface area contributed by atoms with Crippen LogP contribution in [-0.2, 0) is 20.9 Å². The number of carbonyl (C=O) groups is 3. The Kier molecular flexibility index (Phi) is 7.78. The molecule has 174 valence electrons. The minimum Gasteiger partial charge on any atom is -0.480 e. The maximum atomic E-state index is 12.9. The van der Waals surface area contributed by atoms with Crippen LogP contribution in [0, 0.1) is 5.41 Å². The molecular weight excluding hydrogens is 422 g/mol. The van der Waals surface area contributed by atoms with Crippen LogP contribution in [0.2, 0.25) is 0 Å². The van der Waals surface area contributed by atoms with Crippen LogP contribution in [0.5, 0.6) is 0 Å². The average molecular weight is 452 g/mol. The van der Waals surface area contributed by atoms with Crippen LogP contribution in [0.3, 0.4) is 0 Å². The van der Waals surface area contributed by atoms with Crippen molar-refractivity contribution in [1.82, 2.24) is 15.5 Å². The highest BCUT2D eigenvalue weighted by molar-refractivity contribution is 5.95. The van der Waals surface area contributed by atoms with Gasteiger partial charge in [0.15, 0.2) is 0 Å². The highest BCUT2D eigenvalue weighted by Crippen LogP contribution is 2.31. The number of rotatable bonds is 9. The molecule has 1 aliphatic heterocycles. The second-order valence-corrected chi connectivity index (χ2v) is 8.24. The molecule has 0 bridgehead atoms. The summed E-state index contributed by atoms with van der Waals surface area (Å²) in [5.41, 5.74) is 7.93. The molecule has 0 saturated carbocycles. The van der Waals surface area contributed by atoms with Gasteiger partial charge in [0.2, 0.25) is 11.8 Å². The lowest BCUT2D eigenvalue weighted by Gasteiger charge is -2.23. The van der Waals surface area contributed by atoms with E-state index in [1.54, 1.807) is 36.1 Å². The van der Waals surface area contributed by atoms with Crippen molar-refractivity contribution < 1.29 is 19.5 Å². The molecule has 1 saturated heterocycles. The molecule has 2 amide bonds. The van der Waals surface area contributed by atoms with Crippen molar-refractivity contribution in [2.24, 2.45) is 5.73 Å². The normalized spacial score (nSPS) is 18.9. The minimum absolute atomic E-state index is 0.0275. The second kappa shape index (κ2) is 10.7. The molecule has 9 heteroatoms. The summed E-state index contributed by atoms with van der Waals surface area (Å²) >= 11 is 0. The standard InChI is InChI=1S/C24H29N5O4/c1-15(23(32)27-12-16-7-9-18(10-8-16)22(25)26)28-24(33)20-11-19(13-29(20)14-21(30)31)17-5-3-2-4-6-17/h2-10,15,19-20H,11-14H2,1H3,(H3,25,26)(H,27,32)(H,28,33)(H,30,31)/t15?,19-,20+/m0/s1. The third-order valence-electron chi connectivity index (χ3n) is 5.80. The Morgan fingerprint density at radius 3 is 2.42 bits per heavy atom. The van der Waals surface area contributed by atoms with Crippen molar-refractivity contribution in [3.8, 4) is 0 Å². The van der Waals surface area contributed by atoms with E-state index in [9.17, 15) is 19.5 Å². The lowest BCUT2D eigenvalue weighted by atomic mass is 9.96. The van der Waals surface area contributed by atoms with Crippen molar-refractivity contribution in [3.63, 3.8) is 0 Å². The van der Waals surface area contributed by atoms with E-state index in [-0.39, 0.29) is 36.7 Å². The molecule has 0 spiro atoms. The fourth-order valence-corrected chi connectivity index (χ4v) is 4.01. The van der Waals surface area contributed by atoms with Gasteiger partial charge in [-0.1, -0.05) is 54.6 Å². The molecule has 0 aliphatic carbocycles. The Bertz CT molecular complexity index is 1010. The number of nitrogens with two attached hydrogens (primary N) is 1. The van der Waals surface area contributed by atoms with Gasteiger partial charge >= 0.3 is 5.97 Å². The highest BCUT2D eigenvalue weighted by Gasteiger charge is 2.38. The molecule has 1 unspecified atom stereocenters. The van der Waals surface area contributed by atoms with E-state index in [1.165, 1.54) is 0 Å². The average Bonchev–Trinajstić information content (AvgIpc) is 3.21. The first-order valence-corrected chi connectivity index (χ1v) is 10.8. The van der Waals surface area contributed by atoms with Gasteiger partial charge in [0, 0.05) is 18.7 Å². The smallest absolute Gasteiger partial charge is 0.317 e. The number of nitrogen functional groups attached to an aromatic ring is 1. The molecule has 1 aliphatic rings. The fourth-order valence-electron chi connectivity index (χ4n) is 4.01. The van der Waals surface area contributed by atoms with Gasteiger partial charge in [-0.2, -0.15) is 0 Å². The van der Waals surface area contributed by atoms with Crippen molar-refractivity contribution in [3.05, 3.63) is 71.3 Å². The highest BCUT2D eigenvalue weighted by atomic mass is 16.4. The zero-order chi connectivity index (χ0) is 24.0. The van der Waals surface area contributed by atoms with E-state index < -0.39 is 18.1 Å². The lowest BCUT2D eigenvalue weighted by molar-refractivity contribution is -0.139. The maximum Gasteiger partial charge on any atom is 0.317 e. The van der Waals surface area contributed by atoms with Crippen LogP contribution in [0.1, 0.15) is 36.0 Å². The van der Waals surface area contributed by atoms with Crippen molar-refractivity contribution >= 4 is 23.6 Å². The number of carboxylic acid groups (broad SMARTS) is 1. The Morgan fingerprint density at radius 2 is 1.82 bits per heavy atom. The molecular formula is C24H29N5O4. The monoisotopic (exact) mass is 451 g/mol. The van der Waals surface area contributed by atoms with Gasteiger partial charge in [-0.15, -0.1) is 0 Å². The van der Waals surface area contributed by atoms with Crippen molar-refractivity contribution in [1.29, 1.82) is 5.41 Å². The summed E-state index contributed by atoms with van der Waals surface area (Å²) in [4.78, 5) is 38.4. The van der Waals surface area contributed by atoms with Crippen LogP contribution in [0.25, 0.3) is 0 Å². The molecule has 0 radical (unpaired) electrons. The molecule has 0 aromatic heterocycles. The van der Waals surface area contributed by atoms with E-state index in [2.05, 4.69) is 10.6 Å². The summed E-state index contributed by atoms with van der Waals surface area (Å²) in [5.74, 6) is -1.68. The van der Waals surface area contributed by atoms with Crippen LogP contribution in [-0.4, -0.2) is 58.8 Å². The van der Waals surface area contributed by atoms with Gasteiger partial charge in [0.25, 0.3) is 0 Å². The van der Waals surface area contributed by atoms with Gasteiger partial charge in [-0.05, 0) is 30.4 Å². The van der Waals surface area contributed by atoms with Gasteiger partial charge in [-0.3, -0.25) is 24.7 Å². The van der Waals surface area contributed by atoms with Gasteiger partial charge in [-0.25, -0.2) is 0 Å². The Hall–Kier alpha value is -3.72. The van der Waals surface area contributed by atoms with E-state index in [1.807, 2.05) is 30.3 Å². The summed E-state index contributed by atoms with van der Waals surface area (Å²) in [7, 11) is 0. The molecule has 6 N–H and O–H groups in total. The third-order valence-corrected chi connectivity index (χ3v) is 5.80. The van der Waals surface area contributed by atoms with Crippen LogP contribution in [0.4, 0.5) is 0 Å². The molecule has 1 heterocycles. The van der Waals surface area contributed by atoms with E-state index >= 15 is 0 Å². The summed E-state index contributed by atoms with van der Waals surface area (Å²) < 4.78 is 0. The predicted octanol–water partition coefficient (Wildman–Crippen LogP) is 1.03. The number of aliphatic carboxylic acids is 1. The fraction of sp³-hybridized carbons (Fsp3) is 0.333. The Balaban J connectivity index is 1.57. The Morgan fingerprint density at radius 1 is 1.15 bits per heavy atom. The predicted molar refractivity (Wildman–Crippen MR) is 124 cm³/mol. The quantitative estimate of drug-likeness (QED) is 0.284. The summed E-state index contributed by atoms with van der Waals surface area (Å²) in [5, 5.41) is 22.2. The summed E-state index contributed by atoms with van der Waals surface area (Å²) in [6.07, 6.45) is 0.486. The van der Waals surface area contributed by atoms with Crippen molar-refractivity contribution in [2.75, 3.05) is 13.1 Å². The number of amidine groups is 1. The Labute approximate surface area is 192 Å². The number of hydrogen-bond donors (Lipinski definition) is 5. The summed E-state index contributed by atoms with van der Waals surface area (Å²) in [6.45, 7) is 2.09. The number of carbonyl (C=O) groups excluding carboxylic acids is 2. The first-order chi connectivity index (χ1) is 15.7. The molecule has 2 aromatic carbocycles. The van der Waals surface area contributed by atoms with Gasteiger partial charge < -0.3 is 21.5 Å². The van der Waals surface area contributed by atoms with Gasteiger partial charge in [0.05, 0.1) is 12.6 Å². The molecule has 9 nitrogen and oxygen atoms in total. The number of amides is 2. The number of likely N-dealkylation sites (tertiary alicyclic amines) is 1. The number of benzene rings is 2. The van der Waals surface area contributed by atoms with Crippen LogP contribution in [0.15, 0.2) is 54.6 Å².